The molecule has 0 amide bonds. The van der Waals surface area contributed by atoms with Crippen LogP contribution >= 0.6 is 11.6 Å². The van der Waals surface area contributed by atoms with Crippen molar-refractivity contribution in [1.82, 2.24) is 10.1 Å². The van der Waals surface area contributed by atoms with E-state index in [1.54, 1.807) is 0 Å². The number of aromatic nitrogens is 2. The summed E-state index contributed by atoms with van der Waals surface area (Å²) < 4.78 is 44.2. The number of esters is 1. The summed E-state index contributed by atoms with van der Waals surface area (Å²) in [4.78, 5) is 26.5. The highest BCUT2D eigenvalue weighted by atomic mass is 35.5. The van der Waals surface area contributed by atoms with Gasteiger partial charge in [0.25, 0.3) is 11.6 Å². The molecule has 0 aliphatic carbocycles. The molecule has 31 heavy (non-hydrogen) atoms. The number of carbonyl (C=O) groups is 1. The van der Waals surface area contributed by atoms with Gasteiger partial charge in [-0.1, -0.05) is 16.8 Å². The highest BCUT2D eigenvalue weighted by molar-refractivity contribution is 6.31. The third-order valence-corrected chi connectivity index (χ3v) is 4.04. The van der Waals surface area contributed by atoms with Gasteiger partial charge in [0.1, 0.15) is 5.56 Å². The highest BCUT2D eigenvalue weighted by Gasteiger charge is 2.23. The van der Waals surface area contributed by atoms with Crippen LogP contribution in [0.2, 0.25) is 5.02 Å². The summed E-state index contributed by atoms with van der Waals surface area (Å²) in [5.41, 5.74) is -0.455. The van der Waals surface area contributed by atoms with Crippen molar-refractivity contribution >= 4 is 23.3 Å². The van der Waals surface area contributed by atoms with E-state index < -0.39 is 29.8 Å². The Bertz CT molecular complexity index is 1120. The average Bonchev–Trinajstić information content (AvgIpc) is 3.20. The van der Waals surface area contributed by atoms with Crippen LogP contribution in [0.5, 0.6) is 11.5 Å². The van der Waals surface area contributed by atoms with Crippen molar-refractivity contribution < 1.29 is 37.2 Å². The molecule has 2 aromatic carbocycles. The lowest BCUT2D eigenvalue weighted by molar-refractivity contribution is -0.385. The number of nitro benzene ring substituents is 1. The first-order valence-corrected chi connectivity index (χ1v) is 8.73. The Kier molecular flexibility index (Phi) is 6.60. The van der Waals surface area contributed by atoms with Crippen molar-refractivity contribution in [2.45, 2.75) is 13.2 Å². The Morgan fingerprint density at radius 2 is 2.03 bits per heavy atom. The summed E-state index contributed by atoms with van der Waals surface area (Å²) in [5.74, 6) is -1.19. The van der Waals surface area contributed by atoms with Crippen LogP contribution in [0.25, 0.3) is 11.4 Å². The lowest BCUT2D eigenvalue weighted by Crippen LogP contribution is -2.08. The molecule has 0 saturated carbocycles. The molecule has 3 rings (SSSR count). The number of nitro groups is 1. The molecule has 0 saturated heterocycles. The Morgan fingerprint density at radius 1 is 1.26 bits per heavy atom. The van der Waals surface area contributed by atoms with Crippen molar-refractivity contribution in [3.8, 4) is 22.9 Å². The number of alkyl halides is 2. The molecule has 0 unspecified atom stereocenters. The van der Waals surface area contributed by atoms with E-state index in [1.165, 1.54) is 31.4 Å². The van der Waals surface area contributed by atoms with E-state index in [4.69, 9.17) is 25.6 Å². The maximum absolute atomic E-state index is 12.4. The lowest BCUT2D eigenvalue weighted by Gasteiger charge is -2.10. The first kappa shape index (κ1) is 21.9. The van der Waals surface area contributed by atoms with Crippen molar-refractivity contribution in [3.63, 3.8) is 0 Å². The predicted molar refractivity (Wildman–Crippen MR) is 100 cm³/mol. The second-order valence-electron chi connectivity index (χ2n) is 5.75. The number of hydrogen-bond acceptors (Lipinski definition) is 9. The van der Waals surface area contributed by atoms with E-state index in [1.807, 2.05) is 0 Å². The Hall–Kier alpha value is -3.80. The van der Waals surface area contributed by atoms with E-state index in [2.05, 4.69) is 14.9 Å². The van der Waals surface area contributed by atoms with Crippen LogP contribution in [0.4, 0.5) is 14.5 Å². The van der Waals surface area contributed by atoms with Crippen LogP contribution in [0.15, 0.2) is 40.9 Å². The van der Waals surface area contributed by atoms with Gasteiger partial charge in [-0.3, -0.25) is 10.1 Å². The zero-order valence-electron chi connectivity index (χ0n) is 15.6. The molecule has 0 spiro atoms. The minimum absolute atomic E-state index is 0.0191. The maximum Gasteiger partial charge on any atom is 0.387 e. The molecule has 0 bridgehead atoms. The van der Waals surface area contributed by atoms with Crippen LogP contribution in [-0.4, -0.2) is 34.8 Å². The number of nitrogens with zero attached hydrogens (tertiary/aromatic N) is 3. The number of benzene rings is 2. The predicted octanol–water partition coefficient (Wildman–Crippen LogP) is 4.27. The fourth-order valence-electron chi connectivity index (χ4n) is 2.46. The molecule has 1 aromatic heterocycles. The fraction of sp³-hybridized carbons (Fsp3) is 0.167. The van der Waals surface area contributed by atoms with Crippen molar-refractivity contribution in [2.24, 2.45) is 0 Å². The van der Waals surface area contributed by atoms with Crippen LogP contribution < -0.4 is 9.47 Å². The van der Waals surface area contributed by atoms with Gasteiger partial charge in [0.15, 0.2) is 18.1 Å². The van der Waals surface area contributed by atoms with Gasteiger partial charge in [-0.25, -0.2) is 4.79 Å². The summed E-state index contributed by atoms with van der Waals surface area (Å²) >= 11 is 5.71. The van der Waals surface area contributed by atoms with Crippen LogP contribution in [0.1, 0.15) is 16.2 Å². The van der Waals surface area contributed by atoms with Gasteiger partial charge in [-0.05, 0) is 30.3 Å². The molecule has 1 heterocycles. The summed E-state index contributed by atoms with van der Waals surface area (Å²) in [6, 6.07) is 7.50. The van der Waals surface area contributed by atoms with Gasteiger partial charge >= 0.3 is 12.6 Å². The Morgan fingerprint density at radius 3 is 2.71 bits per heavy atom. The van der Waals surface area contributed by atoms with Crippen molar-refractivity contribution in [2.75, 3.05) is 7.11 Å². The molecule has 0 radical (unpaired) electrons. The van der Waals surface area contributed by atoms with Gasteiger partial charge in [-0.2, -0.15) is 13.8 Å². The summed E-state index contributed by atoms with van der Waals surface area (Å²) in [6.07, 6.45) is 0. The number of halogens is 3. The normalized spacial score (nSPS) is 10.7. The van der Waals surface area contributed by atoms with Crippen molar-refractivity contribution in [1.29, 1.82) is 0 Å². The minimum Gasteiger partial charge on any atom is -0.493 e. The molecule has 0 aliphatic heterocycles. The molecule has 3 aromatic rings. The largest absolute Gasteiger partial charge is 0.493 e. The molecule has 0 N–H and O–H groups in total. The van der Waals surface area contributed by atoms with Gasteiger partial charge in [-0.15, -0.1) is 0 Å². The third kappa shape index (κ3) is 5.22. The molecular formula is C18H12ClF2N3O7. The third-order valence-electron chi connectivity index (χ3n) is 3.81. The zero-order chi connectivity index (χ0) is 22.5. The topological polar surface area (TPSA) is 127 Å². The Labute approximate surface area is 177 Å². The minimum atomic E-state index is -3.03. The van der Waals surface area contributed by atoms with Gasteiger partial charge in [0.2, 0.25) is 5.82 Å². The standard InChI is InChI=1S/C18H12ClF2N3O7/c1-28-14-6-9(2-5-13(14)30-18(20)21)16-22-15(31-23-16)8-29-17(25)11-4-3-10(19)7-12(11)24(26)27/h2-7,18H,8H2,1H3. The van der Waals surface area contributed by atoms with E-state index in [0.717, 1.165) is 12.1 Å². The van der Waals surface area contributed by atoms with E-state index in [-0.39, 0.29) is 33.8 Å². The van der Waals surface area contributed by atoms with E-state index in [9.17, 15) is 23.7 Å². The summed E-state index contributed by atoms with van der Waals surface area (Å²) in [5, 5.41) is 14.9. The number of ether oxygens (including phenoxy) is 3. The quantitative estimate of drug-likeness (QED) is 0.278. The molecule has 162 valence electrons. The zero-order valence-corrected chi connectivity index (χ0v) is 16.3. The molecule has 0 atom stereocenters. The smallest absolute Gasteiger partial charge is 0.387 e. The first-order valence-electron chi connectivity index (χ1n) is 8.35. The summed E-state index contributed by atoms with van der Waals surface area (Å²) in [6.45, 7) is -3.49. The lowest BCUT2D eigenvalue weighted by atomic mass is 10.2. The molecule has 13 heteroatoms. The Balaban J connectivity index is 1.72. The van der Waals surface area contributed by atoms with Crippen LogP contribution in [-0.2, 0) is 11.3 Å². The molecule has 10 nitrogen and oxygen atoms in total. The number of hydrogen-bond donors (Lipinski definition) is 0. The first-order chi connectivity index (χ1) is 14.8. The molecule has 0 fully saturated rings. The number of carbonyl (C=O) groups excluding carboxylic acids is 1. The SMILES string of the molecule is COc1cc(-c2noc(COC(=O)c3ccc(Cl)cc3[N+](=O)[O-])n2)ccc1OC(F)F. The second-order valence-corrected chi connectivity index (χ2v) is 6.19. The highest BCUT2D eigenvalue weighted by Crippen LogP contribution is 2.32. The average molecular weight is 456 g/mol. The van der Waals surface area contributed by atoms with Gasteiger partial charge in [0.05, 0.1) is 12.0 Å². The molecular weight excluding hydrogens is 444 g/mol. The fourth-order valence-corrected chi connectivity index (χ4v) is 2.63. The van der Waals surface area contributed by atoms with E-state index in [0.29, 0.717) is 5.56 Å². The maximum atomic E-state index is 12.4. The second kappa shape index (κ2) is 9.34. The van der Waals surface area contributed by atoms with Crippen molar-refractivity contribution in [3.05, 3.63) is 63.0 Å². The molecule has 0 aliphatic rings. The van der Waals surface area contributed by atoms with Gasteiger partial charge in [0, 0.05) is 16.7 Å². The van der Waals surface area contributed by atoms with Gasteiger partial charge < -0.3 is 18.7 Å². The van der Waals surface area contributed by atoms with Crippen LogP contribution in [0, 0.1) is 10.1 Å². The monoisotopic (exact) mass is 455 g/mol. The van der Waals surface area contributed by atoms with Crippen LogP contribution in [0.3, 0.4) is 0 Å². The number of rotatable bonds is 8. The number of methoxy groups -OCH3 is 1. The van der Waals surface area contributed by atoms with E-state index >= 15 is 0 Å². The summed E-state index contributed by atoms with van der Waals surface area (Å²) in [7, 11) is 1.27.